The molecular weight excluding hydrogens is 304 g/mol. The molecule has 0 saturated carbocycles. The molecule has 0 saturated heterocycles. The van der Waals surface area contributed by atoms with Gasteiger partial charge in [-0.1, -0.05) is 6.92 Å². The molecule has 0 spiro atoms. The molecule has 0 bridgehead atoms. The first kappa shape index (κ1) is 17.8. The number of aryl methyl sites for hydroxylation is 3. The monoisotopic (exact) mass is 328 g/mol. The Morgan fingerprint density at radius 2 is 2.04 bits per heavy atom. The largest absolute Gasteiger partial charge is 0.348 e. The first-order valence-corrected chi connectivity index (χ1v) is 8.17. The molecule has 0 aliphatic heterocycles. The maximum Gasteiger partial charge on any atom is 0.347 e. The second kappa shape index (κ2) is 7.86. The van der Waals surface area contributed by atoms with E-state index in [0.29, 0.717) is 12.2 Å². The van der Waals surface area contributed by atoms with Crippen molar-refractivity contribution < 1.29 is 4.79 Å². The number of aromatic nitrogens is 3. The van der Waals surface area contributed by atoms with Crippen molar-refractivity contribution in [3.8, 4) is 0 Å². The van der Waals surface area contributed by atoms with Crippen LogP contribution in [-0.4, -0.2) is 20.4 Å². The number of carbonyl (C=O) groups is 1. The van der Waals surface area contributed by atoms with Gasteiger partial charge in [-0.15, -0.1) is 0 Å². The Morgan fingerprint density at radius 3 is 2.67 bits per heavy atom. The lowest BCUT2D eigenvalue weighted by Gasteiger charge is -2.17. The molecule has 128 valence electrons. The lowest BCUT2D eigenvalue weighted by Crippen LogP contribution is -2.32. The second-order valence-electron chi connectivity index (χ2n) is 6.01. The van der Waals surface area contributed by atoms with E-state index in [0.717, 1.165) is 23.4 Å². The summed E-state index contributed by atoms with van der Waals surface area (Å²) in [5, 5.41) is 2.99. The molecule has 6 heteroatoms. The number of nitrogens with zero attached hydrogens (tertiary/aromatic N) is 3. The van der Waals surface area contributed by atoms with Crippen LogP contribution < -0.4 is 11.0 Å². The minimum Gasteiger partial charge on any atom is -0.348 e. The van der Waals surface area contributed by atoms with Crippen LogP contribution in [0.25, 0.3) is 0 Å². The molecule has 2 rings (SSSR count). The molecule has 0 aliphatic rings. The normalized spacial score (nSPS) is 12.0. The Morgan fingerprint density at radius 1 is 1.29 bits per heavy atom. The zero-order valence-electron chi connectivity index (χ0n) is 14.7. The molecule has 1 atom stereocenters. The van der Waals surface area contributed by atoms with E-state index in [9.17, 15) is 9.59 Å². The lowest BCUT2D eigenvalue weighted by atomic mass is 10.1. The predicted molar refractivity (Wildman–Crippen MR) is 92.7 cm³/mol. The summed E-state index contributed by atoms with van der Waals surface area (Å²) in [4.78, 5) is 32.4. The van der Waals surface area contributed by atoms with Gasteiger partial charge >= 0.3 is 5.69 Å². The highest BCUT2D eigenvalue weighted by Crippen LogP contribution is 2.15. The van der Waals surface area contributed by atoms with Gasteiger partial charge in [0.15, 0.2) is 0 Å². The summed E-state index contributed by atoms with van der Waals surface area (Å²) >= 11 is 0. The van der Waals surface area contributed by atoms with E-state index in [1.54, 1.807) is 13.1 Å². The molecule has 0 aliphatic carbocycles. The van der Waals surface area contributed by atoms with Crippen molar-refractivity contribution in [3.05, 3.63) is 57.5 Å². The number of rotatable bonds is 6. The van der Waals surface area contributed by atoms with Crippen molar-refractivity contribution in [3.63, 3.8) is 0 Å². The number of amides is 1. The molecule has 2 heterocycles. The molecule has 0 aromatic carbocycles. The maximum atomic E-state index is 12.3. The third-order valence-electron chi connectivity index (χ3n) is 3.95. The van der Waals surface area contributed by atoms with Crippen LogP contribution in [-0.2, 0) is 11.3 Å². The summed E-state index contributed by atoms with van der Waals surface area (Å²) in [6.07, 6.45) is 2.74. The second-order valence-corrected chi connectivity index (χ2v) is 6.01. The van der Waals surface area contributed by atoms with Crippen LogP contribution in [0.2, 0.25) is 0 Å². The van der Waals surface area contributed by atoms with Crippen LogP contribution in [0.15, 0.2) is 29.2 Å². The summed E-state index contributed by atoms with van der Waals surface area (Å²) in [6, 6.07) is 5.63. The first-order valence-electron chi connectivity index (χ1n) is 8.17. The van der Waals surface area contributed by atoms with Crippen molar-refractivity contribution >= 4 is 5.91 Å². The minimum atomic E-state index is -0.312. The zero-order chi connectivity index (χ0) is 17.7. The van der Waals surface area contributed by atoms with E-state index in [4.69, 9.17) is 0 Å². The Bertz CT molecular complexity index is 783. The molecule has 1 N–H and O–H groups in total. The van der Waals surface area contributed by atoms with E-state index in [1.807, 2.05) is 39.0 Å². The fourth-order valence-corrected chi connectivity index (χ4v) is 2.66. The molecular formula is C18H24N4O2. The highest BCUT2D eigenvalue weighted by Gasteiger charge is 2.14. The molecule has 24 heavy (non-hydrogen) atoms. The SMILES string of the molecule is CC[C@@H](NC(=O)CCn1c(C)cc(C)nc1=O)c1cc(C)ccn1. The molecule has 2 aromatic heterocycles. The van der Waals surface area contributed by atoms with Gasteiger partial charge in [0.25, 0.3) is 0 Å². The number of hydrogen-bond acceptors (Lipinski definition) is 4. The molecule has 1 amide bonds. The summed E-state index contributed by atoms with van der Waals surface area (Å²) in [5.74, 6) is -0.1000. The van der Waals surface area contributed by atoms with Gasteiger partial charge in [-0.25, -0.2) is 4.79 Å². The number of pyridine rings is 1. The molecule has 0 radical (unpaired) electrons. The van der Waals surface area contributed by atoms with Crippen LogP contribution in [0.3, 0.4) is 0 Å². The van der Waals surface area contributed by atoms with Gasteiger partial charge in [0.2, 0.25) is 5.91 Å². The van der Waals surface area contributed by atoms with Gasteiger partial charge in [-0.05, 0) is 51.0 Å². The average molecular weight is 328 g/mol. The van der Waals surface area contributed by atoms with E-state index in [-0.39, 0.29) is 24.1 Å². The van der Waals surface area contributed by atoms with Crippen molar-refractivity contribution in [2.45, 2.75) is 53.1 Å². The topological polar surface area (TPSA) is 76.9 Å². The zero-order valence-corrected chi connectivity index (χ0v) is 14.7. The van der Waals surface area contributed by atoms with Crippen molar-refractivity contribution in [2.24, 2.45) is 0 Å². The highest BCUT2D eigenvalue weighted by atomic mass is 16.2. The Hall–Kier alpha value is -2.50. The third kappa shape index (κ3) is 4.50. The molecule has 0 unspecified atom stereocenters. The first-order chi connectivity index (χ1) is 11.4. The summed E-state index contributed by atoms with van der Waals surface area (Å²) in [7, 11) is 0. The van der Waals surface area contributed by atoms with Gasteiger partial charge in [-0.3, -0.25) is 14.3 Å². The van der Waals surface area contributed by atoms with Crippen LogP contribution in [0.5, 0.6) is 0 Å². The van der Waals surface area contributed by atoms with Crippen LogP contribution in [0.1, 0.15) is 48.5 Å². The third-order valence-corrected chi connectivity index (χ3v) is 3.95. The molecule has 0 fully saturated rings. The standard InChI is InChI=1S/C18H24N4O2/c1-5-15(16-10-12(2)6-8-19-16)21-17(23)7-9-22-14(4)11-13(3)20-18(22)24/h6,8,10-11,15H,5,7,9H2,1-4H3,(H,21,23)/t15-/m1/s1. The van der Waals surface area contributed by atoms with Crippen LogP contribution in [0, 0.1) is 20.8 Å². The Kier molecular flexibility index (Phi) is 5.84. The van der Waals surface area contributed by atoms with E-state index < -0.39 is 0 Å². The highest BCUT2D eigenvalue weighted by molar-refractivity contribution is 5.76. The fraction of sp³-hybridized carbons (Fsp3) is 0.444. The summed E-state index contributed by atoms with van der Waals surface area (Å²) in [5.41, 5.74) is 3.16. The van der Waals surface area contributed by atoms with Crippen molar-refractivity contribution in [1.82, 2.24) is 19.9 Å². The summed E-state index contributed by atoms with van der Waals surface area (Å²) in [6.45, 7) is 7.96. The average Bonchev–Trinajstić information content (AvgIpc) is 2.51. The minimum absolute atomic E-state index is 0.1000. The van der Waals surface area contributed by atoms with Gasteiger partial charge in [0.05, 0.1) is 11.7 Å². The van der Waals surface area contributed by atoms with Gasteiger partial charge in [-0.2, -0.15) is 4.98 Å². The number of nitrogens with one attached hydrogen (secondary N) is 1. The Balaban J connectivity index is 2.01. The fourth-order valence-electron chi connectivity index (χ4n) is 2.66. The lowest BCUT2D eigenvalue weighted by molar-refractivity contribution is -0.122. The smallest absolute Gasteiger partial charge is 0.347 e. The maximum absolute atomic E-state index is 12.3. The Labute approximate surface area is 142 Å². The molecule has 6 nitrogen and oxygen atoms in total. The number of hydrogen-bond donors (Lipinski definition) is 1. The van der Waals surface area contributed by atoms with Gasteiger partial charge in [0.1, 0.15) is 0 Å². The van der Waals surface area contributed by atoms with Gasteiger partial charge < -0.3 is 5.32 Å². The quantitative estimate of drug-likeness (QED) is 0.882. The van der Waals surface area contributed by atoms with E-state index in [2.05, 4.69) is 15.3 Å². The predicted octanol–water partition coefficient (Wildman–Crippen LogP) is 2.22. The van der Waals surface area contributed by atoms with Crippen LogP contribution >= 0.6 is 0 Å². The van der Waals surface area contributed by atoms with E-state index in [1.165, 1.54) is 4.57 Å². The van der Waals surface area contributed by atoms with Crippen molar-refractivity contribution in [2.75, 3.05) is 0 Å². The number of carbonyl (C=O) groups excluding carboxylic acids is 1. The molecule has 2 aromatic rings. The van der Waals surface area contributed by atoms with Gasteiger partial charge in [0, 0.05) is 30.6 Å². The van der Waals surface area contributed by atoms with Crippen LogP contribution in [0.4, 0.5) is 0 Å². The van der Waals surface area contributed by atoms with Crippen molar-refractivity contribution in [1.29, 1.82) is 0 Å². The van der Waals surface area contributed by atoms with E-state index >= 15 is 0 Å². The summed E-state index contributed by atoms with van der Waals surface area (Å²) < 4.78 is 1.53.